The number of carbonyl (C=O) groups excluding carboxylic acids is 1. The van der Waals surface area contributed by atoms with Gasteiger partial charge in [0, 0.05) is 0 Å². The van der Waals surface area contributed by atoms with Crippen LogP contribution in [-0.2, 0) is 9.59 Å². The van der Waals surface area contributed by atoms with Crippen LogP contribution in [0.5, 0.6) is 0 Å². The number of amides is 1. The predicted octanol–water partition coefficient (Wildman–Crippen LogP) is 0.416. The normalized spacial score (nSPS) is 20.6. The number of carboxylic acid groups (broad SMARTS) is 1. The van der Waals surface area contributed by atoms with E-state index in [1.54, 1.807) is 4.90 Å². The standard InChI is InChI=1S/C10H14N4O3S/c15-8(12-10-13-11-6-18-10)5-14-4-2-1-3-7(14)9(16)17/h6-7H,1-5H2,(H,16,17)(H,12,13,15). The van der Waals surface area contributed by atoms with Gasteiger partial charge in [-0.1, -0.05) is 17.8 Å². The number of nitrogens with one attached hydrogen (secondary N) is 1. The van der Waals surface area contributed by atoms with Crippen LogP contribution in [0.1, 0.15) is 19.3 Å². The zero-order valence-corrected chi connectivity index (χ0v) is 10.5. The minimum absolute atomic E-state index is 0.0799. The SMILES string of the molecule is O=C(CN1CCCCC1C(=O)O)Nc1nncs1. The highest BCUT2D eigenvalue weighted by Crippen LogP contribution is 2.17. The molecule has 0 saturated carbocycles. The van der Waals surface area contributed by atoms with Crippen molar-refractivity contribution >= 4 is 28.3 Å². The van der Waals surface area contributed by atoms with Crippen LogP contribution in [-0.4, -0.2) is 51.2 Å². The van der Waals surface area contributed by atoms with E-state index in [0.717, 1.165) is 12.8 Å². The molecule has 1 unspecified atom stereocenters. The van der Waals surface area contributed by atoms with Crippen molar-refractivity contribution in [3.63, 3.8) is 0 Å². The van der Waals surface area contributed by atoms with Gasteiger partial charge in [0.2, 0.25) is 11.0 Å². The minimum atomic E-state index is -0.863. The first-order valence-corrected chi connectivity index (χ1v) is 6.57. The molecular formula is C10H14N4O3S. The number of likely N-dealkylation sites (tertiary alicyclic amines) is 1. The van der Waals surface area contributed by atoms with Gasteiger partial charge in [0.1, 0.15) is 11.6 Å². The van der Waals surface area contributed by atoms with Crippen molar-refractivity contribution in [3.8, 4) is 0 Å². The van der Waals surface area contributed by atoms with E-state index in [1.165, 1.54) is 16.8 Å². The summed E-state index contributed by atoms with van der Waals surface area (Å²) in [7, 11) is 0. The van der Waals surface area contributed by atoms with E-state index in [0.29, 0.717) is 18.1 Å². The van der Waals surface area contributed by atoms with Crippen LogP contribution in [0.3, 0.4) is 0 Å². The molecule has 1 aromatic rings. The molecule has 2 N–H and O–H groups in total. The smallest absolute Gasteiger partial charge is 0.320 e. The number of hydrogen-bond donors (Lipinski definition) is 2. The van der Waals surface area contributed by atoms with Crippen molar-refractivity contribution in [2.24, 2.45) is 0 Å². The van der Waals surface area contributed by atoms with Gasteiger partial charge in [0.15, 0.2) is 0 Å². The lowest BCUT2D eigenvalue weighted by Crippen LogP contribution is -2.47. The second kappa shape index (κ2) is 5.87. The van der Waals surface area contributed by atoms with Gasteiger partial charge in [-0.25, -0.2) is 0 Å². The number of nitrogens with zero attached hydrogens (tertiary/aromatic N) is 3. The van der Waals surface area contributed by atoms with Crippen molar-refractivity contribution in [1.82, 2.24) is 15.1 Å². The lowest BCUT2D eigenvalue weighted by Gasteiger charge is -2.31. The van der Waals surface area contributed by atoms with Gasteiger partial charge in [-0.05, 0) is 19.4 Å². The van der Waals surface area contributed by atoms with E-state index in [4.69, 9.17) is 5.11 Å². The summed E-state index contributed by atoms with van der Waals surface area (Å²) in [6, 6.07) is -0.557. The van der Waals surface area contributed by atoms with E-state index >= 15 is 0 Å². The second-order valence-corrected chi connectivity index (χ2v) is 4.95. The maximum absolute atomic E-state index is 11.7. The molecule has 0 aromatic carbocycles. The quantitative estimate of drug-likeness (QED) is 0.823. The van der Waals surface area contributed by atoms with E-state index in [9.17, 15) is 9.59 Å². The fraction of sp³-hybridized carbons (Fsp3) is 0.600. The summed E-state index contributed by atoms with van der Waals surface area (Å²) in [5, 5.41) is 19.4. The van der Waals surface area contributed by atoms with Crippen LogP contribution in [0.4, 0.5) is 5.13 Å². The summed E-state index contributed by atoms with van der Waals surface area (Å²) >= 11 is 1.23. The Labute approximate surface area is 108 Å². The average Bonchev–Trinajstić information content (AvgIpc) is 2.82. The third-order valence-electron chi connectivity index (χ3n) is 2.85. The summed E-state index contributed by atoms with van der Waals surface area (Å²) < 4.78 is 0. The Morgan fingerprint density at radius 3 is 3.06 bits per heavy atom. The molecule has 1 aromatic heterocycles. The summed E-state index contributed by atoms with van der Waals surface area (Å²) in [5.41, 5.74) is 1.52. The molecule has 2 heterocycles. The van der Waals surface area contributed by atoms with Crippen molar-refractivity contribution in [3.05, 3.63) is 5.51 Å². The molecule has 7 nitrogen and oxygen atoms in total. The van der Waals surface area contributed by atoms with Gasteiger partial charge >= 0.3 is 5.97 Å². The van der Waals surface area contributed by atoms with Crippen LogP contribution >= 0.6 is 11.3 Å². The van der Waals surface area contributed by atoms with Crippen molar-refractivity contribution in [1.29, 1.82) is 0 Å². The highest BCUT2D eigenvalue weighted by molar-refractivity contribution is 7.13. The zero-order chi connectivity index (χ0) is 13.0. The Bertz CT molecular complexity index is 423. The molecule has 98 valence electrons. The van der Waals surface area contributed by atoms with E-state index in [2.05, 4.69) is 15.5 Å². The first kappa shape index (κ1) is 12.9. The fourth-order valence-electron chi connectivity index (χ4n) is 2.03. The number of rotatable bonds is 4. The number of piperidine rings is 1. The highest BCUT2D eigenvalue weighted by Gasteiger charge is 2.29. The van der Waals surface area contributed by atoms with Gasteiger partial charge in [0.25, 0.3) is 0 Å². The molecule has 0 spiro atoms. The van der Waals surface area contributed by atoms with Gasteiger partial charge < -0.3 is 5.11 Å². The Kier molecular flexibility index (Phi) is 4.21. The van der Waals surface area contributed by atoms with Gasteiger partial charge in [-0.3, -0.25) is 19.8 Å². The lowest BCUT2D eigenvalue weighted by atomic mass is 10.0. The monoisotopic (exact) mass is 270 g/mol. The molecule has 2 rings (SSSR count). The topological polar surface area (TPSA) is 95.4 Å². The van der Waals surface area contributed by atoms with E-state index in [-0.39, 0.29) is 12.5 Å². The number of carbonyl (C=O) groups is 2. The molecule has 1 saturated heterocycles. The molecule has 1 atom stereocenters. The molecule has 18 heavy (non-hydrogen) atoms. The second-order valence-electron chi connectivity index (χ2n) is 4.11. The zero-order valence-electron chi connectivity index (χ0n) is 9.70. The predicted molar refractivity (Wildman–Crippen MR) is 65.4 cm³/mol. The van der Waals surface area contributed by atoms with E-state index < -0.39 is 12.0 Å². The van der Waals surface area contributed by atoms with Crippen molar-refractivity contribution in [2.45, 2.75) is 25.3 Å². The summed E-state index contributed by atoms with van der Waals surface area (Å²) in [6.45, 7) is 0.719. The molecule has 0 bridgehead atoms. The molecule has 1 fully saturated rings. The maximum Gasteiger partial charge on any atom is 0.320 e. The van der Waals surface area contributed by atoms with Gasteiger partial charge in [-0.15, -0.1) is 10.2 Å². The number of carboxylic acids is 1. The molecule has 0 aliphatic carbocycles. The molecule has 1 aliphatic heterocycles. The maximum atomic E-state index is 11.7. The molecule has 0 radical (unpaired) electrons. The van der Waals surface area contributed by atoms with Crippen LogP contribution < -0.4 is 5.32 Å². The van der Waals surface area contributed by atoms with Crippen LogP contribution in [0.25, 0.3) is 0 Å². The lowest BCUT2D eigenvalue weighted by molar-refractivity contribution is -0.145. The number of aromatic nitrogens is 2. The molecule has 1 aliphatic rings. The fourth-order valence-corrected chi connectivity index (χ4v) is 2.49. The summed E-state index contributed by atoms with van der Waals surface area (Å²) in [5.74, 6) is -1.11. The number of hydrogen-bond acceptors (Lipinski definition) is 6. The first-order chi connectivity index (χ1) is 8.66. The third kappa shape index (κ3) is 3.23. The summed E-state index contributed by atoms with van der Waals surface area (Å²) in [4.78, 5) is 24.5. The van der Waals surface area contributed by atoms with Crippen molar-refractivity contribution in [2.75, 3.05) is 18.4 Å². The van der Waals surface area contributed by atoms with Crippen LogP contribution in [0, 0.1) is 0 Å². The molecule has 8 heteroatoms. The van der Waals surface area contributed by atoms with Crippen molar-refractivity contribution < 1.29 is 14.7 Å². The Morgan fingerprint density at radius 2 is 2.39 bits per heavy atom. The Morgan fingerprint density at radius 1 is 1.56 bits per heavy atom. The van der Waals surface area contributed by atoms with E-state index in [1.807, 2.05) is 0 Å². The van der Waals surface area contributed by atoms with Gasteiger partial charge in [-0.2, -0.15) is 0 Å². The van der Waals surface area contributed by atoms with Crippen LogP contribution in [0.2, 0.25) is 0 Å². The third-order valence-corrected chi connectivity index (χ3v) is 3.46. The first-order valence-electron chi connectivity index (χ1n) is 5.69. The minimum Gasteiger partial charge on any atom is -0.480 e. The Hall–Kier alpha value is -1.54. The van der Waals surface area contributed by atoms with Crippen LogP contribution in [0.15, 0.2) is 5.51 Å². The summed E-state index contributed by atoms with van der Waals surface area (Å²) in [6.07, 6.45) is 2.42. The number of anilines is 1. The molecule has 1 amide bonds. The largest absolute Gasteiger partial charge is 0.480 e. The highest BCUT2D eigenvalue weighted by atomic mass is 32.1. The average molecular weight is 270 g/mol. The Balaban J connectivity index is 1.90. The van der Waals surface area contributed by atoms with Gasteiger partial charge in [0.05, 0.1) is 6.54 Å². The molecular weight excluding hydrogens is 256 g/mol. The number of aliphatic carboxylic acids is 1.